The van der Waals surface area contributed by atoms with Crippen molar-refractivity contribution >= 4 is 0 Å². The Labute approximate surface area is 94.7 Å². The molecule has 16 heavy (non-hydrogen) atoms. The van der Waals surface area contributed by atoms with Gasteiger partial charge in [0.1, 0.15) is 5.75 Å². The van der Waals surface area contributed by atoms with E-state index in [0.29, 0.717) is 0 Å². The second-order valence-corrected chi connectivity index (χ2v) is 3.66. The van der Waals surface area contributed by atoms with Gasteiger partial charge in [-0.15, -0.1) is 0 Å². The summed E-state index contributed by atoms with van der Waals surface area (Å²) in [7, 11) is 1.66. The van der Waals surface area contributed by atoms with E-state index in [1.807, 2.05) is 36.5 Å². The zero-order chi connectivity index (χ0) is 11.4. The number of hydrogen-bond donors (Lipinski definition) is 2. The number of methoxy groups -OCH3 is 1. The maximum atomic E-state index is 9.12. The summed E-state index contributed by atoms with van der Waals surface area (Å²) in [5.74, 6) is 0.861. The minimum Gasteiger partial charge on any atom is -0.497 e. The van der Waals surface area contributed by atoms with Gasteiger partial charge in [0.15, 0.2) is 0 Å². The van der Waals surface area contributed by atoms with Crippen LogP contribution in [0.4, 0.5) is 0 Å². The van der Waals surface area contributed by atoms with Crippen LogP contribution in [0.3, 0.4) is 0 Å². The van der Waals surface area contributed by atoms with Crippen molar-refractivity contribution in [1.82, 2.24) is 4.98 Å². The first-order chi connectivity index (χ1) is 7.83. The van der Waals surface area contributed by atoms with Crippen molar-refractivity contribution in [3.63, 3.8) is 0 Å². The molecule has 84 valence electrons. The van der Waals surface area contributed by atoms with Gasteiger partial charge in [-0.05, 0) is 35.7 Å². The highest BCUT2D eigenvalue weighted by atomic mass is 16.5. The third-order valence-corrected chi connectivity index (χ3v) is 2.64. The lowest BCUT2D eigenvalue weighted by Gasteiger charge is -2.04. The highest BCUT2D eigenvalue weighted by molar-refractivity contribution is 5.32. The van der Waals surface area contributed by atoms with E-state index in [4.69, 9.17) is 9.84 Å². The highest BCUT2D eigenvalue weighted by Crippen LogP contribution is 2.16. The lowest BCUT2D eigenvalue weighted by molar-refractivity contribution is 0.276. The number of rotatable bonds is 4. The summed E-state index contributed by atoms with van der Waals surface area (Å²) in [6.07, 6.45) is 2.67. The minimum atomic E-state index is 0.0541. The maximum Gasteiger partial charge on any atom is 0.118 e. The summed E-state index contributed by atoms with van der Waals surface area (Å²) in [4.78, 5) is 3.02. The molecule has 2 aromatic rings. The first-order valence-corrected chi connectivity index (χ1v) is 5.22. The SMILES string of the molecule is COc1ccc(Cc2cc[nH]c2CO)cc1. The molecule has 2 rings (SSSR count). The number of ether oxygens (including phenoxy) is 1. The number of aromatic amines is 1. The summed E-state index contributed by atoms with van der Waals surface area (Å²) < 4.78 is 5.10. The Balaban J connectivity index is 2.14. The van der Waals surface area contributed by atoms with Crippen molar-refractivity contribution in [2.24, 2.45) is 0 Å². The molecule has 2 N–H and O–H groups in total. The zero-order valence-corrected chi connectivity index (χ0v) is 9.23. The van der Waals surface area contributed by atoms with Crippen LogP contribution in [0.5, 0.6) is 5.75 Å². The van der Waals surface area contributed by atoms with E-state index in [1.54, 1.807) is 7.11 Å². The molecule has 1 aromatic heterocycles. The standard InChI is InChI=1S/C13H15NO2/c1-16-12-4-2-10(3-5-12)8-11-6-7-14-13(11)9-15/h2-7,14-15H,8-9H2,1H3. The summed E-state index contributed by atoms with van der Waals surface area (Å²) in [6, 6.07) is 9.96. The van der Waals surface area contributed by atoms with Crippen LogP contribution in [0.25, 0.3) is 0 Å². The molecule has 0 spiro atoms. The van der Waals surface area contributed by atoms with Gasteiger partial charge >= 0.3 is 0 Å². The summed E-state index contributed by atoms with van der Waals surface area (Å²) in [5.41, 5.74) is 3.22. The molecule has 1 aromatic carbocycles. The van der Waals surface area contributed by atoms with Crippen molar-refractivity contribution in [1.29, 1.82) is 0 Å². The predicted molar refractivity (Wildman–Crippen MR) is 62.5 cm³/mol. The third-order valence-electron chi connectivity index (χ3n) is 2.64. The van der Waals surface area contributed by atoms with Gasteiger partial charge in [-0.25, -0.2) is 0 Å². The van der Waals surface area contributed by atoms with E-state index < -0.39 is 0 Å². The Morgan fingerprint density at radius 1 is 1.19 bits per heavy atom. The second-order valence-electron chi connectivity index (χ2n) is 3.66. The molecule has 0 saturated carbocycles. The Kier molecular flexibility index (Phi) is 3.27. The van der Waals surface area contributed by atoms with Crippen molar-refractivity contribution < 1.29 is 9.84 Å². The van der Waals surface area contributed by atoms with Crippen LogP contribution in [-0.4, -0.2) is 17.2 Å². The molecule has 3 nitrogen and oxygen atoms in total. The van der Waals surface area contributed by atoms with Crippen LogP contribution >= 0.6 is 0 Å². The Morgan fingerprint density at radius 2 is 1.94 bits per heavy atom. The number of benzene rings is 1. The van der Waals surface area contributed by atoms with E-state index in [1.165, 1.54) is 5.56 Å². The first-order valence-electron chi connectivity index (χ1n) is 5.22. The molecule has 0 aliphatic rings. The van der Waals surface area contributed by atoms with Gasteiger partial charge in [0, 0.05) is 11.9 Å². The van der Waals surface area contributed by atoms with E-state index >= 15 is 0 Å². The van der Waals surface area contributed by atoms with Crippen molar-refractivity contribution in [3.8, 4) is 5.75 Å². The maximum absolute atomic E-state index is 9.12. The summed E-state index contributed by atoms with van der Waals surface area (Å²) in [6.45, 7) is 0.0541. The van der Waals surface area contributed by atoms with Crippen LogP contribution in [-0.2, 0) is 13.0 Å². The topological polar surface area (TPSA) is 45.2 Å². The highest BCUT2D eigenvalue weighted by Gasteiger charge is 2.03. The largest absolute Gasteiger partial charge is 0.497 e. The Bertz CT molecular complexity index is 445. The molecule has 0 saturated heterocycles. The van der Waals surface area contributed by atoms with E-state index in [9.17, 15) is 0 Å². The number of aliphatic hydroxyl groups is 1. The van der Waals surface area contributed by atoms with Gasteiger partial charge in [0.25, 0.3) is 0 Å². The van der Waals surface area contributed by atoms with Crippen LogP contribution < -0.4 is 4.74 Å². The molecule has 0 unspecified atom stereocenters. The smallest absolute Gasteiger partial charge is 0.118 e. The molecule has 0 aliphatic carbocycles. The third kappa shape index (κ3) is 2.25. The van der Waals surface area contributed by atoms with E-state index in [-0.39, 0.29) is 6.61 Å². The fraction of sp³-hybridized carbons (Fsp3) is 0.231. The molecule has 0 radical (unpaired) electrons. The number of hydrogen-bond acceptors (Lipinski definition) is 2. The number of aliphatic hydroxyl groups excluding tert-OH is 1. The number of aromatic nitrogens is 1. The summed E-state index contributed by atoms with van der Waals surface area (Å²) >= 11 is 0. The Hall–Kier alpha value is -1.74. The molecule has 0 atom stereocenters. The minimum absolute atomic E-state index is 0.0541. The molecule has 0 bridgehead atoms. The van der Waals surface area contributed by atoms with Crippen LogP contribution in [0.1, 0.15) is 16.8 Å². The predicted octanol–water partition coefficient (Wildman–Crippen LogP) is 2.11. The van der Waals surface area contributed by atoms with Crippen molar-refractivity contribution in [3.05, 3.63) is 53.3 Å². The van der Waals surface area contributed by atoms with Gasteiger partial charge in [-0.3, -0.25) is 0 Å². The molecule has 0 amide bonds. The van der Waals surface area contributed by atoms with Crippen LogP contribution in [0.15, 0.2) is 36.5 Å². The fourth-order valence-corrected chi connectivity index (χ4v) is 1.71. The molecular weight excluding hydrogens is 202 g/mol. The zero-order valence-electron chi connectivity index (χ0n) is 9.23. The van der Waals surface area contributed by atoms with Crippen molar-refractivity contribution in [2.45, 2.75) is 13.0 Å². The quantitative estimate of drug-likeness (QED) is 0.823. The fourth-order valence-electron chi connectivity index (χ4n) is 1.71. The first kappa shape index (κ1) is 10.8. The normalized spacial score (nSPS) is 10.4. The molecule has 0 fully saturated rings. The molecule has 3 heteroatoms. The second kappa shape index (κ2) is 4.86. The number of nitrogens with one attached hydrogen (secondary N) is 1. The summed E-state index contributed by atoms with van der Waals surface area (Å²) in [5, 5.41) is 9.12. The van der Waals surface area contributed by atoms with Gasteiger partial charge in [-0.2, -0.15) is 0 Å². The lowest BCUT2D eigenvalue weighted by Crippen LogP contribution is -1.93. The molecule has 0 aliphatic heterocycles. The van der Waals surface area contributed by atoms with Gasteiger partial charge in [0.05, 0.1) is 13.7 Å². The average molecular weight is 217 g/mol. The Morgan fingerprint density at radius 3 is 2.56 bits per heavy atom. The average Bonchev–Trinajstić information content (AvgIpc) is 2.77. The van der Waals surface area contributed by atoms with Gasteiger partial charge in [0.2, 0.25) is 0 Å². The van der Waals surface area contributed by atoms with E-state index in [2.05, 4.69) is 4.98 Å². The molecule has 1 heterocycles. The van der Waals surface area contributed by atoms with Crippen LogP contribution in [0.2, 0.25) is 0 Å². The van der Waals surface area contributed by atoms with Gasteiger partial charge < -0.3 is 14.8 Å². The van der Waals surface area contributed by atoms with Crippen molar-refractivity contribution in [2.75, 3.05) is 7.11 Å². The molecular formula is C13H15NO2. The van der Waals surface area contributed by atoms with E-state index in [0.717, 1.165) is 23.4 Å². The number of H-pyrrole nitrogens is 1. The lowest BCUT2D eigenvalue weighted by atomic mass is 10.1. The monoisotopic (exact) mass is 217 g/mol. The van der Waals surface area contributed by atoms with Crippen LogP contribution in [0, 0.1) is 0 Å². The van der Waals surface area contributed by atoms with Gasteiger partial charge in [-0.1, -0.05) is 12.1 Å².